The number of rotatable bonds is 8. The molecule has 4 heteroatoms. The van der Waals surface area contributed by atoms with Gasteiger partial charge in [0.15, 0.2) is 0 Å². The molecule has 0 radical (unpaired) electrons. The van der Waals surface area contributed by atoms with Gasteiger partial charge in [0, 0.05) is 32.7 Å². The monoisotopic (exact) mass is 286 g/mol. The van der Waals surface area contributed by atoms with E-state index in [-0.39, 0.29) is 5.91 Å². The molecule has 1 saturated heterocycles. The fourth-order valence-corrected chi connectivity index (χ4v) is 2.16. The second-order valence-corrected chi connectivity index (χ2v) is 5.14. The van der Waals surface area contributed by atoms with Gasteiger partial charge in [-0.2, -0.15) is 0 Å². The number of nitrogens with one attached hydrogen (secondary N) is 1. The molecule has 20 heavy (non-hydrogen) atoms. The van der Waals surface area contributed by atoms with Crippen molar-refractivity contribution in [1.82, 2.24) is 10.2 Å². The maximum Gasteiger partial charge on any atom is 0.219 e. The molecule has 0 spiro atoms. The minimum absolute atomic E-state index is 0.151. The molecule has 0 unspecified atom stereocenters. The number of nitrogens with zero attached hydrogens (tertiary/aromatic N) is 1. The number of hydrogen-bond acceptors (Lipinski definition) is 3. The van der Waals surface area contributed by atoms with Crippen LogP contribution in [0, 0.1) is 0 Å². The van der Waals surface area contributed by atoms with Crippen LogP contribution in [0.25, 0.3) is 0 Å². The number of likely N-dealkylation sites (tertiary alicyclic amines) is 1. The molecule has 1 rings (SSSR count). The van der Waals surface area contributed by atoms with Crippen LogP contribution in [0.2, 0.25) is 0 Å². The van der Waals surface area contributed by atoms with Crippen molar-refractivity contribution in [2.75, 3.05) is 33.3 Å². The average Bonchev–Trinajstić information content (AvgIpc) is 2.50. The maximum atomic E-state index is 11.0. The summed E-state index contributed by atoms with van der Waals surface area (Å²) in [7, 11) is 2.17. The molecule has 0 atom stereocenters. The number of ether oxygens (including phenoxy) is 1. The Labute approximate surface area is 125 Å². The zero-order valence-electron chi connectivity index (χ0n) is 13.9. The van der Waals surface area contributed by atoms with Gasteiger partial charge in [-0.25, -0.2) is 0 Å². The number of unbranched alkanes of at least 4 members (excludes halogenated alkanes) is 2. The highest BCUT2D eigenvalue weighted by atomic mass is 16.5. The first-order chi connectivity index (χ1) is 9.72. The Morgan fingerprint density at radius 2 is 1.85 bits per heavy atom. The summed E-state index contributed by atoms with van der Waals surface area (Å²) in [6.07, 6.45) is 6.69. The smallest absolute Gasteiger partial charge is 0.219 e. The fourth-order valence-electron chi connectivity index (χ4n) is 2.16. The van der Waals surface area contributed by atoms with E-state index >= 15 is 0 Å². The number of amides is 1. The zero-order chi connectivity index (χ0) is 15.2. The Morgan fingerprint density at radius 1 is 1.20 bits per heavy atom. The van der Waals surface area contributed by atoms with E-state index in [4.69, 9.17) is 4.74 Å². The molecule has 1 heterocycles. The van der Waals surface area contributed by atoms with E-state index in [0.717, 1.165) is 45.5 Å². The van der Waals surface area contributed by atoms with Crippen molar-refractivity contribution in [3.05, 3.63) is 0 Å². The molecule has 1 amide bonds. The SMILES string of the molecule is CC.CCC(=O)NCCCCCOC1CCN(C)CC1. The molecule has 0 aromatic carbocycles. The van der Waals surface area contributed by atoms with E-state index in [1.165, 1.54) is 12.8 Å². The van der Waals surface area contributed by atoms with Crippen LogP contribution in [-0.4, -0.2) is 50.2 Å². The summed E-state index contributed by atoms with van der Waals surface area (Å²) >= 11 is 0. The lowest BCUT2D eigenvalue weighted by atomic mass is 10.1. The Kier molecular flexibility index (Phi) is 13.0. The third kappa shape index (κ3) is 10.2. The zero-order valence-corrected chi connectivity index (χ0v) is 13.9. The lowest BCUT2D eigenvalue weighted by molar-refractivity contribution is -0.120. The Morgan fingerprint density at radius 3 is 2.45 bits per heavy atom. The van der Waals surface area contributed by atoms with E-state index in [2.05, 4.69) is 17.3 Å². The first-order valence-corrected chi connectivity index (χ1v) is 8.29. The molecular weight excluding hydrogens is 252 g/mol. The van der Waals surface area contributed by atoms with E-state index in [1.807, 2.05) is 20.8 Å². The molecule has 1 aliphatic rings. The molecule has 0 bridgehead atoms. The highest BCUT2D eigenvalue weighted by Crippen LogP contribution is 2.12. The Balaban J connectivity index is 0.00000172. The van der Waals surface area contributed by atoms with Crippen molar-refractivity contribution >= 4 is 5.91 Å². The fraction of sp³-hybridized carbons (Fsp3) is 0.938. The highest BCUT2D eigenvalue weighted by Gasteiger charge is 2.16. The largest absolute Gasteiger partial charge is 0.378 e. The highest BCUT2D eigenvalue weighted by molar-refractivity contribution is 5.75. The van der Waals surface area contributed by atoms with Crippen molar-refractivity contribution < 1.29 is 9.53 Å². The van der Waals surface area contributed by atoms with Crippen LogP contribution >= 0.6 is 0 Å². The Hall–Kier alpha value is -0.610. The van der Waals surface area contributed by atoms with Crippen LogP contribution in [0.1, 0.15) is 59.3 Å². The van der Waals surface area contributed by atoms with Gasteiger partial charge in [-0.3, -0.25) is 4.79 Å². The van der Waals surface area contributed by atoms with Gasteiger partial charge in [-0.15, -0.1) is 0 Å². The minimum atomic E-state index is 0.151. The normalized spacial score (nSPS) is 16.4. The summed E-state index contributed by atoms with van der Waals surface area (Å²) in [5.74, 6) is 0.151. The van der Waals surface area contributed by atoms with Gasteiger partial charge in [0.1, 0.15) is 0 Å². The van der Waals surface area contributed by atoms with Gasteiger partial charge in [-0.05, 0) is 39.2 Å². The molecule has 0 aromatic heterocycles. The predicted molar refractivity (Wildman–Crippen MR) is 85.0 cm³/mol. The second kappa shape index (κ2) is 13.4. The molecule has 120 valence electrons. The van der Waals surface area contributed by atoms with Crippen LogP contribution in [0.4, 0.5) is 0 Å². The van der Waals surface area contributed by atoms with Gasteiger partial charge >= 0.3 is 0 Å². The summed E-state index contributed by atoms with van der Waals surface area (Å²) in [6.45, 7) is 9.88. The predicted octanol–water partition coefficient (Wildman–Crippen LogP) is 2.82. The second-order valence-electron chi connectivity index (χ2n) is 5.14. The van der Waals surface area contributed by atoms with Crippen molar-refractivity contribution in [1.29, 1.82) is 0 Å². The molecule has 1 aliphatic heterocycles. The molecule has 1 N–H and O–H groups in total. The lowest BCUT2D eigenvalue weighted by Gasteiger charge is -2.28. The van der Waals surface area contributed by atoms with Crippen molar-refractivity contribution in [2.45, 2.75) is 65.4 Å². The van der Waals surface area contributed by atoms with Gasteiger partial charge in [0.25, 0.3) is 0 Å². The van der Waals surface area contributed by atoms with Gasteiger partial charge in [0.05, 0.1) is 6.10 Å². The third-order valence-corrected chi connectivity index (χ3v) is 3.48. The van der Waals surface area contributed by atoms with Gasteiger partial charge in [0.2, 0.25) is 5.91 Å². The standard InChI is InChI=1S/C14H28N2O2.C2H6/c1-3-14(17)15-9-5-4-6-12-18-13-7-10-16(2)11-8-13;1-2/h13H,3-12H2,1-2H3,(H,15,17);1-2H3. The maximum absolute atomic E-state index is 11.0. The van der Waals surface area contributed by atoms with Gasteiger partial charge in [-0.1, -0.05) is 20.8 Å². The molecule has 0 aromatic rings. The first kappa shape index (κ1) is 19.4. The topological polar surface area (TPSA) is 41.6 Å². The first-order valence-electron chi connectivity index (χ1n) is 8.29. The molecule has 0 saturated carbocycles. The summed E-state index contributed by atoms with van der Waals surface area (Å²) in [4.78, 5) is 13.4. The van der Waals surface area contributed by atoms with E-state index < -0.39 is 0 Å². The van der Waals surface area contributed by atoms with E-state index in [9.17, 15) is 4.79 Å². The number of carbonyl (C=O) groups is 1. The third-order valence-electron chi connectivity index (χ3n) is 3.48. The van der Waals surface area contributed by atoms with Crippen molar-refractivity contribution in [3.8, 4) is 0 Å². The number of hydrogen-bond donors (Lipinski definition) is 1. The Bertz CT molecular complexity index is 227. The van der Waals surface area contributed by atoms with Crippen LogP contribution in [0.5, 0.6) is 0 Å². The van der Waals surface area contributed by atoms with E-state index in [1.54, 1.807) is 0 Å². The summed E-state index contributed by atoms with van der Waals surface area (Å²) in [5.41, 5.74) is 0. The molecular formula is C16H34N2O2. The quantitative estimate of drug-likeness (QED) is 0.698. The van der Waals surface area contributed by atoms with Crippen LogP contribution in [-0.2, 0) is 9.53 Å². The van der Waals surface area contributed by atoms with Crippen molar-refractivity contribution in [3.63, 3.8) is 0 Å². The minimum Gasteiger partial charge on any atom is -0.378 e. The number of piperidine rings is 1. The summed E-state index contributed by atoms with van der Waals surface area (Å²) < 4.78 is 5.87. The molecule has 4 nitrogen and oxygen atoms in total. The summed E-state index contributed by atoms with van der Waals surface area (Å²) in [5, 5.41) is 2.89. The average molecular weight is 286 g/mol. The molecule has 1 fully saturated rings. The lowest BCUT2D eigenvalue weighted by Crippen LogP contribution is -2.34. The van der Waals surface area contributed by atoms with E-state index in [0.29, 0.717) is 12.5 Å². The van der Waals surface area contributed by atoms with Gasteiger partial charge < -0.3 is 15.0 Å². The summed E-state index contributed by atoms with van der Waals surface area (Å²) in [6, 6.07) is 0. The van der Waals surface area contributed by atoms with Crippen LogP contribution in [0.15, 0.2) is 0 Å². The van der Waals surface area contributed by atoms with Crippen LogP contribution in [0.3, 0.4) is 0 Å². The molecule has 0 aliphatic carbocycles. The van der Waals surface area contributed by atoms with Crippen LogP contribution < -0.4 is 5.32 Å². The number of carbonyl (C=O) groups excluding carboxylic acids is 1. The van der Waals surface area contributed by atoms with Crippen molar-refractivity contribution in [2.24, 2.45) is 0 Å².